The highest BCUT2D eigenvalue weighted by Gasteiger charge is 2.52. The summed E-state index contributed by atoms with van der Waals surface area (Å²) in [5.41, 5.74) is -2.87. The maximum absolute atomic E-state index is 11.5. The molecule has 7 heteroatoms. The molecule has 72 valence electrons. The number of aliphatic hydroxyl groups excluding tert-OH is 1. The third-order valence-electron chi connectivity index (χ3n) is 0.929. The van der Waals surface area contributed by atoms with Crippen molar-refractivity contribution in [1.29, 1.82) is 0 Å². The minimum absolute atomic E-state index is 0.330. The summed E-state index contributed by atoms with van der Waals surface area (Å²) in [5.74, 6) is -1.78. The van der Waals surface area contributed by atoms with E-state index in [1.54, 1.807) is 0 Å². The Morgan fingerprint density at radius 3 is 1.17 bits per heavy atom. The fourth-order valence-corrected chi connectivity index (χ4v) is 0.571. The van der Waals surface area contributed by atoms with Crippen molar-refractivity contribution in [2.24, 2.45) is 0 Å². The highest BCUT2D eigenvalue weighted by atomic mass is 19.4. The van der Waals surface area contributed by atoms with Crippen LogP contribution in [-0.4, -0.2) is 17.5 Å². The van der Waals surface area contributed by atoms with Gasteiger partial charge in [-0.1, -0.05) is 0 Å². The Morgan fingerprint density at radius 2 is 1.17 bits per heavy atom. The summed E-state index contributed by atoms with van der Waals surface area (Å²) in [6.45, 7) is 0.330. The highest BCUT2D eigenvalue weighted by Crippen LogP contribution is 2.39. The summed E-state index contributed by atoms with van der Waals surface area (Å²) in [4.78, 5) is 0. The summed E-state index contributed by atoms with van der Waals surface area (Å²) in [7, 11) is 0. The van der Waals surface area contributed by atoms with E-state index in [4.69, 9.17) is 5.11 Å². The molecule has 0 aromatic heterocycles. The molecule has 0 amide bonds. The fraction of sp³-hybridized carbons (Fsp3) is 0.600. The zero-order valence-corrected chi connectivity index (χ0v) is 5.72. The van der Waals surface area contributed by atoms with Crippen molar-refractivity contribution in [3.63, 3.8) is 0 Å². The molecule has 0 rings (SSSR count). The van der Waals surface area contributed by atoms with E-state index in [1.165, 1.54) is 0 Å². The number of rotatable bonds is 0. The van der Waals surface area contributed by atoms with Gasteiger partial charge in [0.2, 0.25) is 0 Å². The maximum atomic E-state index is 11.5. The Kier molecular flexibility index (Phi) is 2.66. The second-order valence-corrected chi connectivity index (χ2v) is 1.96. The summed E-state index contributed by atoms with van der Waals surface area (Å²) in [5, 5.41) is 8.12. The van der Waals surface area contributed by atoms with Crippen molar-refractivity contribution >= 4 is 0 Å². The molecule has 0 spiro atoms. The lowest BCUT2D eigenvalue weighted by molar-refractivity contribution is -0.175. The van der Waals surface area contributed by atoms with Crippen LogP contribution in [-0.2, 0) is 0 Å². The lowest BCUT2D eigenvalue weighted by Gasteiger charge is -2.14. The van der Waals surface area contributed by atoms with E-state index >= 15 is 0 Å². The SMILES string of the molecule is CC(O)=C(C(F)(F)F)C(F)(F)F. The van der Waals surface area contributed by atoms with E-state index in [-0.39, 0.29) is 0 Å². The van der Waals surface area contributed by atoms with E-state index < -0.39 is 23.7 Å². The minimum atomic E-state index is -5.57. The van der Waals surface area contributed by atoms with Gasteiger partial charge in [0.15, 0.2) is 5.57 Å². The minimum Gasteiger partial charge on any atom is -0.512 e. The molecule has 0 aromatic carbocycles. The molecule has 0 aromatic rings. The Labute approximate surface area is 63.3 Å². The number of aliphatic hydroxyl groups is 1. The van der Waals surface area contributed by atoms with Crippen LogP contribution in [0.1, 0.15) is 6.92 Å². The van der Waals surface area contributed by atoms with Crippen LogP contribution in [0.25, 0.3) is 0 Å². The molecule has 0 aliphatic rings. The van der Waals surface area contributed by atoms with Crippen molar-refractivity contribution in [1.82, 2.24) is 0 Å². The number of alkyl halides is 6. The first kappa shape index (κ1) is 11.1. The van der Waals surface area contributed by atoms with E-state index in [0.29, 0.717) is 6.92 Å². The third kappa shape index (κ3) is 2.63. The number of halogens is 6. The molecule has 1 N–H and O–H groups in total. The average Bonchev–Trinajstić information content (AvgIpc) is 1.49. The highest BCUT2D eigenvalue weighted by molar-refractivity contribution is 5.17. The van der Waals surface area contributed by atoms with Crippen LogP contribution in [0.15, 0.2) is 11.3 Å². The normalized spacial score (nSPS) is 12.9. The molecule has 1 nitrogen and oxygen atoms in total. The molecule has 0 bridgehead atoms. The molecule has 0 fully saturated rings. The third-order valence-corrected chi connectivity index (χ3v) is 0.929. The second kappa shape index (κ2) is 2.87. The summed E-state index contributed by atoms with van der Waals surface area (Å²) >= 11 is 0. The monoisotopic (exact) mass is 194 g/mol. The van der Waals surface area contributed by atoms with Crippen LogP contribution in [0.4, 0.5) is 26.3 Å². The smallest absolute Gasteiger partial charge is 0.424 e. The molecule has 0 unspecified atom stereocenters. The molecule has 0 radical (unpaired) electrons. The molecule has 0 aliphatic carbocycles. The molecule has 12 heavy (non-hydrogen) atoms. The molecule has 0 atom stereocenters. The van der Waals surface area contributed by atoms with Gasteiger partial charge in [-0.05, 0) is 6.92 Å². The summed E-state index contributed by atoms with van der Waals surface area (Å²) < 4.78 is 69.2. The van der Waals surface area contributed by atoms with Gasteiger partial charge in [-0.15, -0.1) is 0 Å². The number of hydrogen-bond donors (Lipinski definition) is 1. The predicted molar refractivity (Wildman–Crippen MR) is 27.4 cm³/mol. The average molecular weight is 194 g/mol. The van der Waals surface area contributed by atoms with Gasteiger partial charge in [0.25, 0.3) is 0 Å². The van der Waals surface area contributed by atoms with Crippen molar-refractivity contribution < 1.29 is 31.4 Å². The van der Waals surface area contributed by atoms with Gasteiger partial charge in [-0.3, -0.25) is 0 Å². The van der Waals surface area contributed by atoms with Crippen molar-refractivity contribution in [2.75, 3.05) is 0 Å². The topological polar surface area (TPSA) is 20.2 Å². The molecular formula is C5H4F6O. The zero-order chi connectivity index (χ0) is 10.2. The van der Waals surface area contributed by atoms with E-state index in [1.807, 2.05) is 0 Å². The fourth-order valence-electron chi connectivity index (χ4n) is 0.571. The molecular weight excluding hydrogens is 190 g/mol. The Hall–Kier alpha value is -0.880. The first-order valence-corrected chi connectivity index (χ1v) is 2.61. The van der Waals surface area contributed by atoms with Gasteiger partial charge in [-0.2, -0.15) is 26.3 Å². The van der Waals surface area contributed by atoms with E-state index in [2.05, 4.69) is 0 Å². The van der Waals surface area contributed by atoms with Crippen molar-refractivity contribution in [2.45, 2.75) is 19.3 Å². The van der Waals surface area contributed by atoms with E-state index in [9.17, 15) is 26.3 Å². The molecule has 0 aliphatic heterocycles. The maximum Gasteiger partial charge on any atom is 0.424 e. The van der Waals surface area contributed by atoms with Crippen molar-refractivity contribution in [3.8, 4) is 0 Å². The Balaban J connectivity index is 5.13. The van der Waals surface area contributed by atoms with Crippen LogP contribution in [0.2, 0.25) is 0 Å². The first-order chi connectivity index (χ1) is 5.07. The zero-order valence-electron chi connectivity index (χ0n) is 5.72. The standard InChI is InChI=1S/C5H4F6O/c1-2(12)3(4(6,7)8)5(9,10)11/h12H,1H3. The summed E-state index contributed by atoms with van der Waals surface area (Å²) in [6.07, 6.45) is -11.1. The largest absolute Gasteiger partial charge is 0.512 e. The Morgan fingerprint density at radius 1 is 0.917 bits per heavy atom. The van der Waals surface area contributed by atoms with Gasteiger partial charge >= 0.3 is 12.4 Å². The summed E-state index contributed by atoms with van der Waals surface area (Å²) in [6, 6.07) is 0. The predicted octanol–water partition coefficient (Wildman–Crippen LogP) is 2.94. The Bertz CT molecular complexity index is 177. The van der Waals surface area contributed by atoms with Gasteiger partial charge < -0.3 is 5.11 Å². The van der Waals surface area contributed by atoms with Gasteiger partial charge in [-0.25, -0.2) is 0 Å². The molecule has 0 saturated heterocycles. The lowest BCUT2D eigenvalue weighted by Crippen LogP contribution is -2.27. The first-order valence-electron chi connectivity index (χ1n) is 2.61. The van der Waals surface area contributed by atoms with Crippen LogP contribution >= 0.6 is 0 Å². The molecule has 0 heterocycles. The van der Waals surface area contributed by atoms with Crippen LogP contribution in [0, 0.1) is 0 Å². The number of allylic oxidation sites excluding steroid dienone is 2. The quantitative estimate of drug-likeness (QED) is 0.464. The molecule has 0 saturated carbocycles. The van der Waals surface area contributed by atoms with Crippen LogP contribution in [0.5, 0.6) is 0 Å². The van der Waals surface area contributed by atoms with Gasteiger partial charge in [0, 0.05) is 0 Å². The van der Waals surface area contributed by atoms with Gasteiger partial charge in [0.05, 0.1) is 0 Å². The second-order valence-electron chi connectivity index (χ2n) is 1.96. The van der Waals surface area contributed by atoms with E-state index in [0.717, 1.165) is 0 Å². The number of hydrogen-bond acceptors (Lipinski definition) is 1. The van der Waals surface area contributed by atoms with Crippen LogP contribution < -0.4 is 0 Å². The van der Waals surface area contributed by atoms with Crippen molar-refractivity contribution in [3.05, 3.63) is 11.3 Å². The van der Waals surface area contributed by atoms with Gasteiger partial charge in [0.1, 0.15) is 5.76 Å². The lowest BCUT2D eigenvalue weighted by atomic mass is 10.2. The van der Waals surface area contributed by atoms with Crippen LogP contribution in [0.3, 0.4) is 0 Å².